The number of nitrogens with one attached hydrogen (secondary N) is 1. The molecule has 5 nitrogen and oxygen atoms in total. The zero-order valence-electron chi connectivity index (χ0n) is 13.6. The first-order valence-electron chi connectivity index (χ1n) is 8.46. The maximum atomic E-state index is 12.4. The smallest absolute Gasteiger partial charge is 0.313 e. The van der Waals surface area contributed by atoms with Gasteiger partial charge in [-0.15, -0.1) is 0 Å². The molecule has 23 heavy (non-hydrogen) atoms. The number of anilines is 1. The van der Waals surface area contributed by atoms with Gasteiger partial charge in [-0.05, 0) is 24.0 Å². The molecule has 0 aliphatic carbocycles. The fraction of sp³-hybridized carbons (Fsp3) is 0.611. The Morgan fingerprint density at radius 2 is 2.43 bits per heavy atom. The van der Waals surface area contributed by atoms with E-state index in [0.29, 0.717) is 13.2 Å². The highest BCUT2D eigenvalue weighted by atomic mass is 16.5. The fourth-order valence-electron chi connectivity index (χ4n) is 4.49. The van der Waals surface area contributed by atoms with Crippen molar-refractivity contribution in [2.24, 2.45) is 11.3 Å². The monoisotopic (exact) mass is 316 g/mol. The Balaban J connectivity index is 1.56. The molecule has 1 aromatic carbocycles. The summed E-state index contributed by atoms with van der Waals surface area (Å²) in [5.74, 6) is 0.179. The average molecular weight is 316 g/mol. The van der Waals surface area contributed by atoms with Crippen LogP contribution in [0.5, 0.6) is 0 Å². The lowest BCUT2D eigenvalue weighted by Gasteiger charge is -2.35. The highest BCUT2D eigenvalue weighted by Gasteiger charge is 2.54. The van der Waals surface area contributed by atoms with Crippen LogP contribution in [0, 0.1) is 11.3 Å². The number of fused-ring (bicyclic) bond motifs is 2. The summed E-state index contributed by atoms with van der Waals surface area (Å²) in [5.41, 5.74) is 3.66. The van der Waals surface area contributed by atoms with Gasteiger partial charge >= 0.3 is 5.97 Å². The van der Waals surface area contributed by atoms with Crippen molar-refractivity contribution in [1.29, 1.82) is 0 Å². The highest BCUT2D eigenvalue weighted by molar-refractivity contribution is 5.78. The number of methoxy groups -OCH3 is 1. The predicted molar refractivity (Wildman–Crippen MR) is 87.3 cm³/mol. The quantitative estimate of drug-likeness (QED) is 0.860. The van der Waals surface area contributed by atoms with Gasteiger partial charge in [0.2, 0.25) is 0 Å². The van der Waals surface area contributed by atoms with Gasteiger partial charge in [-0.25, -0.2) is 0 Å². The zero-order chi connectivity index (χ0) is 15.9. The fourth-order valence-corrected chi connectivity index (χ4v) is 4.49. The van der Waals surface area contributed by atoms with Crippen LogP contribution < -0.4 is 5.32 Å². The van der Waals surface area contributed by atoms with E-state index in [0.717, 1.165) is 39.0 Å². The third-order valence-corrected chi connectivity index (χ3v) is 5.70. The first-order valence-corrected chi connectivity index (χ1v) is 8.46. The Bertz CT molecular complexity index is 618. The van der Waals surface area contributed by atoms with Crippen LogP contribution >= 0.6 is 0 Å². The van der Waals surface area contributed by atoms with Gasteiger partial charge in [0.05, 0.1) is 19.1 Å². The molecule has 124 valence electrons. The number of carbonyl (C=O) groups is 1. The van der Waals surface area contributed by atoms with Crippen molar-refractivity contribution in [3.8, 4) is 0 Å². The van der Waals surface area contributed by atoms with Gasteiger partial charge in [-0.3, -0.25) is 9.69 Å². The molecule has 0 saturated carbocycles. The number of esters is 1. The Kier molecular flexibility index (Phi) is 3.77. The Morgan fingerprint density at radius 1 is 1.52 bits per heavy atom. The molecule has 2 saturated heterocycles. The van der Waals surface area contributed by atoms with Crippen LogP contribution in [-0.2, 0) is 27.2 Å². The Hall–Kier alpha value is -1.59. The summed E-state index contributed by atoms with van der Waals surface area (Å²) >= 11 is 0. The summed E-state index contributed by atoms with van der Waals surface area (Å²) in [6.45, 7) is 4.90. The van der Waals surface area contributed by atoms with Gasteiger partial charge in [0, 0.05) is 44.4 Å². The maximum absolute atomic E-state index is 12.4. The molecule has 0 spiro atoms. The van der Waals surface area contributed by atoms with Crippen molar-refractivity contribution in [2.75, 3.05) is 45.3 Å². The van der Waals surface area contributed by atoms with Crippen LogP contribution in [0.4, 0.5) is 5.69 Å². The summed E-state index contributed by atoms with van der Waals surface area (Å²) in [7, 11) is 1.50. The summed E-state index contributed by atoms with van der Waals surface area (Å²) in [6.07, 6.45) is 1.87. The number of nitrogens with zero attached hydrogens (tertiary/aromatic N) is 1. The second kappa shape index (κ2) is 5.80. The van der Waals surface area contributed by atoms with E-state index in [2.05, 4.69) is 28.4 Å². The molecule has 0 radical (unpaired) electrons. The van der Waals surface area contributed by atoms with Gasteiger partial charge in [-0.2, -0.15) is 0 Å². The predicted octanol–water partition coefficient (Wildman–Crippen LogP) is 1.67. The molecule has 1 aromatic rings. The SMILES string of the molecule is COC(=O)[C@@]12CCOC[C@@H]1CN(Cc1cccc3c1NCC3)C2. The minimum Gasteiger partial charge on any atom is -0.469 e. The van der Waals surface area contributed by atoms with Crippen LogP contribution in [0.15, 0.2) is 18.2 Å². The standard InChI is InChI=1S/C18H24N2O3/c1-22-17(21)18-6-8-23-11-15(18)10-20(12-18)9-14-4-2-3-13-5-7-19-16(13)14/h2-4,15,19H,5-12H2,1H3/t15-,18+/m0/s1. The molecule has 0 aromatic heterocycles. The van der Waals surface area contributed by atoms with E-state index in [1.807, 2.05) is 0 Å². The molecule has 0 unspecified atom stereocenters. The van der Waals surface area contributed by atoms with Crippen molar-refractivity contribution in [2.45, 2.75) is 19.4 Å². The first-order chi connectivity index (χ1) is 11.2. The summed E-state index contributed by atoms with van der Waals surface area (Å²) in [4.78, 5) is 14.8. The molecular weight excluding hydrogens is 292 g/mol. The van der Waals surface area contributed by atoms with Crippen LogP contribution in [0.2, 0.25) is 0 Å². The minimum atomic E-state index is -0.377. The number of benzene rings is 1. The number of hydrogen-bond donors (Lipinski definition) is 1. The van der Waals surface area contributed by atoms with E-state index >= 15 is 0 Å². The van der Waals surface area contributed by atoms with Crippen molar-refractivity contribution < 1.29 is 14.3 Å². The van der Waals surface area contributed by atoms with E-state index in [4.69, 9.17) is 9.47 Å². The molecule has 3 aliphatic rings. The maximum Gasteiger partial charge on any atom is 0.313 e. The lowest BCUT2D eigenvalue weighted by Crippen LogP contribution is -2.45. The molecule has 0 amide bonds. The number of carbonyl (C=O) groups excluding carboxylic acids is 1. The lowest BCUT2D eigenvalue weighted by atomic mass is 9.74. The third kappa shape index (κ3) is 2.42. The summed E-state index contributed by atoms with van der Waals surface area (Å²) in [6, 6.07) is 6.54. The molecule has 3 heterocycles. The Morgan fingerprint density at radius 3 is 3.30 bits per heavy atom. The van der Waals surface area contributed by atoms with Crippen LogP contribution in [0.1, 0.15) is 17.5 Å². The van der Waals surface area contributed by atoms with Crippen molar-refractivity contribution in [3.05, 3.63) is 29.3 Å². The van der Waals surface area contributed by atoms with Gasteiger partial charge in [0.25, 0.3) is 0 Å². The normalized spacial score (nSPS) is 29.7. The largest absolute Gasteiger partial charge is 0.469 e. The minimum absolute atomic E-state index is 0.0651. The second-order valence-electron chi connectivity index (χ2n) is 6.97. The molecule has 2 fully saturated rings. The Labute approximate surface area is 136 Å². The zero-order valence-corrected chi connectivity index (χ0v) is 13.6. The van der Waals surface area contributed by atoms with Gasteiger partial charge in [0.1, 0.15) is 0 Å². The molecule has 2 atom stereocenters. The van der Waals surface area contributed by atoms with Crippen LogP contribution in [0.25, 0.3) is 0 Å². The van der Waals surface area contributed by atoms with E-state index < -0.39 is 0 Å². The highest BCUT2D eigenvalue weighted by Crippen LogP contribution is 2.44. The van der Waals surface area contributed by atoms with Crippen LogP contribution in [0.3, 0.4) is 0 Å². The number of para-hydroxylation sites is 1. The van der Waals surface area contributed by atoms with E-state index in [1.165, 1.54) is 23.9 Å². The molecule has 1 N–H and O–H groups in total. The molecule has 4 rings (SSSR count). The third-order valence-electron chi connectivity index (χ3n) is 5.70. The van der Waals surface area contributed by atoms with Gasteiger partial charge in [-0.1, -0.05) is 18.2 Å². The summed E-state index contributed by atoms with van der Waals surface area (Å²) < 4.78 is 10.8. The molecule has 5 heteroatoms. The molecular formula is C18H24N2O3. The number of likely N-dealkylation sites (tertiary alicyclic amines) is 1. The molecule has 3 aliphatic heterocycles. The first kappa shape index (κ1) is 15.0. The summed E-state index contributed by atoms with van der Waals surface area (Å²) in [5, 5.41) is 3.51. The van der Waals surface area contributed by atoms with E-state index in [1.54, 1.807) is 0 Å². The number of ether oxygens (including phenoxy) is 2. The van der Waals surface area contributed by atoms with E-state index in [9.17, 15) is 4.79 Å². The van der Waals surface area contributed by atoms with Crippen molar-refractivity contribution in [3.63, 3.8) is 0 Å². The second-order valence-corrected chi connectivity index (χ2v) is 6.97. The average Bonchev–Trinajstić information content (AvgIpc) is 3.18. The topological polar surface area (TPSA) is 50.8 Å². The van der Waals surface area contributed by atoms with Crippen molar-refractivity contribution in [1.82, 2.24) is 4.90 Å². The van der Waals surface area contributed by atoms with Crippen LogP contribution in [-0.4, -0.2) is 50.8 Å². The van der Waals surface area contributed by atoms with Gasteiger partial charge in [0.15, 0.2) is 0 Å². The molecule has 0 bridgehead atoms. The van der Waals surface area contributed by atoms with Crippen molar-refractivity contribution >= 4 is 11.7 Å². The number of hydrogen-bond acceptors (Lipinski definition) is 5. The number of rotatable bonds is 3. The van der Waals surface area contributed by atoms with Gasteiger partial charge < -0.3 is 14.8 Å². The van der Waals surface area contributed by atoms with E-state index in [-0.39, 0.29) is 17.3 Å². The lowest BCUT2D eigenvalue weighted by molar-refractivity contribution is -0.161.